The van der Waals surface area contributed by atoms with E-state index in [2.05, 4.69) is 4.98 Å². The van der Waals surface area contributed by atoms with Gasteiger partial charge in [-0.3, -0.25) is 14.6 Å². The Labute approximate surface area is 113 Å². The fourth-order valence-electron chi connectivity index (χ4n) is 2.15. The first kappa shape index (κ1) is 15.1. The van der Waals surface area contributed by atoms with Crippen molar-refractivity contribution in [3.63, 3.8) is 0 Å². The summed E-state index contributed by atoms with van der Waals surface area (Å²) < 4.78 is 0. The number of pyridine rings is 1. The molecule has 1 aromatic rings. The monoisotopic (exact) mass is 264 g/mol. The van der Waals surface area contributed by atoms with E-state index >= 15 is 0 Å². The van der Waals surface area contributed by atoms with E-state index in [1.54, 1.807) is 17.3 Å². The normalized spacial score (nSPS) is 11.9. The van der Waals surface area contributed by atoms with Crippen LogP contribution in [0.15, 0.2) is 24.5 Å². The number of carboxylic acids is 1. The van der Waals surface area contributed by atoms with Gasteiger partial charge in [-0.1, -0.05) is 6.92 Å². The molecule has 0 fully saturated rings. The Morgan fingerprint density at radius 1 is 1.26 bits per heavy atom. The summed E-state index contributed by atoms with van der Waals surface area (Å²) in [5.74, 6) is -1.06. The standard InChI is InChI=1S/C14H20N2O3/c1-3-12(11-7-9-15-10-8-11)16(4-2)13(17)5-6-14(18)19/h7-10,12H,3-6H2,1-2H3,(H,18,19). The maximum atomic E-state index is 12.1. The highest BCUT2D eigenvalue weighted by molar-refractivity contribution is 5.81. The number of aliphatic carboxylic acids is 1. The number of rotatable bonds is 7. The second-order valence-electron chi connectivity index (χ2n) is 4.28. The summed E-state index contributed by atoms with van der Waals surface area (Å²) in [6.07, 6.45) is 4.12. The Morgan fingerprint density at radius 2 is 1.89 bits per heavy atom. The first-order chi connectivity index (χ1) is 9.10. The van der Waals surface area contributed by atoms with Crippen molar-refractivity contribution in [3.8, 4) is 0 Å². The number of aromatic nitrogens is 1. The number of amides is 1. The zero-order valence-corrected chi connectivity index (χ0v) is 11.4. The van der Waals surface area contributed by atoms with E-state index in [0.717, 1.165) is 12.0 Å². The smallest absolute Gasteiger partial charge is 0.303 e. The minimum atomic E-state index is -0.943. The third kappa shape index (κ3) is 4.35. The fraction of sp³-hybridized carbons (Fsp3) is 0.500. The van der Waals surface area contributed by atoms with Gasteiger partial charge in [0.15, 0.2) is 0 Å². The molecule has 1 rings (SSSR count). The molecule has 0 aliphatic carbocycles. The molecule has 0 saturated heterocycles. The summed E-state index contributed by atoms with van der Waals surface area (Å²) in [7, 11) is 0. The predicted octanol–water partition coefficient (Wildman–Crippen LogP) is 2.25. The lowest BCUT2D eigenvalue weighted by atomic mass is 10.0. The summed E-state index contributed by atoms with van der Waals surface area (Å²) >= 11 is 0. The first-order valence-electron chi connectivity index (χ1n) is 6.51. The van der Waals surface area contributed by atoms with Crippen molar-refractivity contribution in [2.24, 2.45) is 0 Å². The van der Waals surface area contributed by atoms with Crippen LogP contribution in [0.4, 0.5) is 0 Å². The van der Waals surface area contributed by atoms with E-state index in [9.17, 15) is 9.59 Å². The summed E-state index contributed by atoms with van der Waals surface area (Å²) in [5, 5.41) is 8.65. The van der Waals surface area contributed by atoms with Gasteiger partial charge < -0.3 is 10.0 Å². The molecule has 0 aliphatic heterocycles. The van der Waals surface area contributed by atoms with Gasteiger partial charge in [-0.15, -0.1) is 0 Å². The number of hydrogen-bond donors (Lipinski definition) is 1. The molecular weight excluding hydrogens is 244 g/mol. The van der Waals surface area contributed by atoms with Gasteiger partial charge in [-0.2, -0.15) is 0 Å². The largest absolute Gasteiger partial charge is 0.481 e. The quantitative estimate of drug-likeness (QED) is 0.820. The highest BCUT2D eigenvalue weighted by Crippen LogP contribution is 2.24. The van der Waals surface area contributed by atoms with Crippen LogP contribution in [0.5, 0.6) is 0 Å². The molecule has 19 heavy (non-hydrogen) atoms. The lowest BCUT2D eigenvalue weighted by Crippen LogP contribution is -2.34. The molecule has 1 heterocycles. The highest BCUT2D eigenvalue weighted by Gasteiger charge is 2.22. The van der Waals surface area contributed by atoms with Crippen molar-refractivity contribution in [3.05, 3.63) is 30.1 Å². The molecule has 1 aromatic heterocycles. The first-order valence-corrected chi connectivity index (χ1v) is 6.51. The average molecular weight is 264 g/mol. The topological polar surface area (TPSA) is 70.5 Å². The van der Waals surface area contributed by atoms with Crippen LogP contribution < -0.4 is 0 Å². The number of carboxylic acid groups (broad SMARTS) is 1. The number of carbonyl (C=O) groups is 2. The lowest BCUT2D eigenvalue weighted by molar-refractivity contribution is -0.141. The van der Waals surface area contributed by atoms with Crippen LogP contribution in [-0.2, 0) is 9.59 Å². The number of carbonyl (C=O) groups excluding carboxylic acids is 1. The van der Waals surface area contributed by atoms with Gasteiger partial charge in [0.05, 0.1) is 12.5 Å². The van der Waals surface area contributed by atoms with Gasteiger partial charge in [-0.05, 0) is 31.0 Å². The van der Waals surface area contributed by atoms with Crippen molar-refractivity contribution in [2.75, 3.05) is 6.54 Å². The zero-order chi connectivity index (χ0) is 14.3. The van der Waals surface area contributed by atoms with E-state index < -0.39 is 5.97 Å². The van der Waals surface area contributed by atoms with E-state index in [0.29, 0.717) is 6.54 Å². The Bertz CT molecular complexity index is 420. The third-order valence-electron chi connectivity index (χ3n) is 3.07. The van der Waals surface area contributed by atoms with Crippen LogP contribution in [0.25, 0.3) is 0 Å². The molecule has 0 aromatic carbocycles. The molecule has 1 N–H and O–H groups in total. The molecular formula is C14H20N2O3. The molecule has 5 heteroatoms. The molecule has 1 unspecified atom stereocenters. The van der Waals surface area contributed by atoms with Crippen LogP contribution in [0.2, 0.25) is 0 Å². The van der Waals surface area contributed by atoms with Crippen LogP contribution in [0.3, 0.4) is 0 Å². The van der Waals surface area contributed by atoms with Gasteiger partial charge in [0, 0.05) is 25.4 Å². The fourth-order valence-corrected chi connectivity index (χ4v) is 2.15. The predicted molar refractivity (Wildman–Crippen MR) is 71.5 cm³/mol. The van der Waals surface area contributed by atoms with Gasteiger partial charge >= 0.3 is 5.97 Å². The summed E-state index contributed by atoms with van der Waals surface area (Å²) in [6.45, 7) is 4.49. The zero-order valence-electron chi connectivity index (χ0n) is 11.4. The lowest BCUT2D eigenvalue weighted by Gasteiger charge is -2.30. The van der Waals surface area contributed by atoms with Gasteiger partial charge in [0.1, 0.15) is 0 Å². The van der Waals surface area contributed by atoms with E-state index in [1.807, 2.05) is 26.0 Å². The minimum absolute atomic E-state index is 0.0192. The van der Waals surface area contributed by atoms with Gasteiger partial charge in [-0.25, -0.2) is 0 Å². The maximum Gasteiger partial charge on any atom is 0.303 e. The molecule has 1 atom stereocenters. The highest BCUT2D eigenvalue weighted by atomic mass is 16.4. The Balaban J connectivity index is 2.81. The summed E-state index contributed by atoms with van der Waals surface area (Å²) in [4.78, 5) is 28.3. The van der Waals surface area contributed by atoms with Crippen molar-refractivity contribution in [1.29, 1.82) is 0 Å². The minimum Gasteiger partial charge on any atom is -0.481 e. The molecule has 0 aliphatic rings. The van der Waals surface area contributed by atoms with Crippen LogP contribution >= 0.6 is 0 Å². The van der Waals surface area contributed by atoms with Crippen molar-refractivity contribution in [1.82, 2.24) is 9.88 Å². The van der Waals surface area contributed by atoms with Crippen molar-refractivity contribution < 1.29 is 14.7 Å². The Hall–Kier alpha value is -1.91. The van der Waals surface area contributed by atoms with Crippen molar-refractivity contribution >= 4 is 11.9 Å². The van der Waals surface area contributed by atoms with Gasteiger partial charge in [0.2, 0.25) is 5.91 Å². The van der Waals surface area contributed by atoms with Crippen LogP contribution in [0, 0.1) is 0 Å². The summed E-state index contributed by atoms with van der Waals surface area (Å²) in [6, 6.07) is 3.76. The van der Waals surface area contributed by atoms with E-state index in [4.69, 9.17) is 5.11 Å². The molecule has 0 saturated carbocycles. The van der Waals surface area contributed by atoms with Crippen LogP contribution in [-0.4, -0.2) is 33.4 Å². The van der Waals surface area contributed by atoms with E-state index in [-0.39, 0.29) is 24.8 Å². The average Bonchev–Trinajstić information content (AvgIpc) is 2.42. The Kier molecular flexibility index (Phi) is 5.99. The number of nitrogens with zero attached hydrogens (tertiary/aromatic N) is 2. The number of hydrogen-bond acceptors (Lipinski definition) is 3. The Morgan fingerprint density at radius 3 is 2.37 bits per heavy atom. The SMILES string of the molecule is CCC(c1ccncc1)N(CC)C(=O)CCC(=O)O. The molecule has 0 bridgehead atoms. The molecule has 0 radical (unpaired) electrons. The van der Waals surface area contributed by atoms with Crippen LogP contribution in [0.1, 0.15) is 44.7 Å². The second kappa shape index (κ2) is 7.51. The third-order valence-corrected chi connectivity index (χ3v) is 3.07. The molecule has 0 spiro atoms. The molecule has 5 nitrogen and oxygen atoms in total. The summed E-state index contributed by atoms with van der Waals surface area (Å²) in [5.41, 5.74) is 1.03. The van der Waals surface area contributed by atoms with E-state index in [1.165, 1.54) is 0 Å². The van der Waals surface area contributed by atoms with Gasteiger partial charge in [0.25, 0.3) is 0 Å². The second-order valence-corrected chi connectivity index (χ2v) is 4.28. The maximum absolute atomic E-state index is 12.1. The molecule has 104 valence electrons. The van der Waals surface area contributed by atoms with Crippen molar-refractivity contribution in [2.45, 2.75) is 39.2 Å². The molecule has 1 amide bonds.